The van der Waals surface area contributed by atoms with Crippen molar-refractivity contribution >= 4 is 0 Å². The van der Waals surface area contributed by atoms with Crippen LogP contribution in [0, 0.1) is 0 Å². The number of hydrogen-bond donors (Lipinski definition) is 0. The van der Waals surface area contributed by atoms with Gasteiger partial charge in [-0.25, -0.2) is 0 Å². The minimum Gasteiger partial charge on any atom is -0.100 e. The maximum absolute atomic E-state index is 3.67. The Hall–Kier alpha value is -0.260. The summed E-state index contributed by atoms with van der Waals surface area (Å²) in [6, 6.07) is 0. The fourth-order valence-electron chi connectivity index (χ4n) is 0. The van der Waals surface area contributed by atoms with Crippen LogP contribution >= 0.6 is 0 Å². The first-order valence-corrected chi connectivity index (χ1v) is 1.91. The summed E-state index contributed by atoms with van der Waals surface area (Å²) in [5.41, 5.74) is 1.25. The Bertz CT molecular complexity index is 35.3. The third kappa shape index (κ3) is 9.27. The van der Waals surface area contributed by atoms with Gasteiger partial charge in [-0.1, -0.05) is 19.9 Å². The smallest absolute Gasteiger partial charge is 0.0354 e. The highest BCUT2D eigenvalue weighted by Crippen LogP contribution is 1.88. The molecule has 0 aromatic carbocycles. The predicted molar refractivity (Wildman–Crippen MR) is 31.8 cm³/mol. The first-order chi connectivity index (χ1) is 2.27. The van der Waals surface area contributed by atoms with Crippen molar-refractivity contribution in [2.24, 2.45) is 0 Å². The molecule has 0 nitrogen and oxygen atoms in total. The van der Waals surface area contributed by atoms with E-state index in [1.807, 2.05) is 6.92 Å². The summed E-state index contributed by atoms with van der Waals surface area (Å²) in [4.78, 5) is 0. The van der Waals surface area contributed by atoms with Crippen LogP contribution in [0.15, 0.2) is 12.2 Å². The SMILES string of the molecule is C.C=C(C)CC. The van der Waals surface area contributed by atoms with E-state index in [9.17, 15) is 0 Å². The zero-order valence-electron chi connectivity index (χ0n) is 3.91. The second-order valence-corrected chi connectivity index (χ2v) is 1.31. The van der Waals surface area contributed by atoms with Crippen LogP contribution in [-0.4, -0.2) is 0 Å². The van der Waals surface area contributed by atoms with Crippen LogP contribution in [0.3, 0.4) is 0 Å². The van der Waals surface area contributed by atoms with Crippen LogP contribution in [0.4, 0.5) is 0 Å². The number of rotatable bonds is 1. The third-order valence-corrected chi connectivity index (χ3v) is 0.604. The second kappa shape index (κ2) is 4.74. The molecule has 0 aromatic rings. The van der Waals surface area contributed by atoms with Crippen molar-refractivity contribution < 1.29 is 0 Å². The fraction of sp³-hybridized carbons (Fsp3) is 0.667. The van der Waals surface area contributed by atoms with E-state index in [1.165, 1.54) is 5.57 Å². The molecule has 0 radical (unpaired) electrons. The van der Waals surface area contributed by atoms with Gasteiger partial charge in [0.05, 0.1) is 0 Å². The molecule has 0 aliphatic rings. The van der Waals surface area contributed by atoms with Gasteiger partial charge in [-0.05, 0) is 13.3 Å². The van der Waals surface area contributed by atoms with Crippen LogP contribution < -0.4 is 0 Å². The van der Waals surface area contributed by atoms with Crippen molar-refractivity contribution in [2.75, 3.05) is 0 Å². The van der Waals surface area contributed by atoms with Crippen molar-refractivity contribution in [3.8, 4) is 0 Å². The van der Waals surface area contributed by atoms with Crippen molar-refractivity contribution in [1.82, 2.24) is 0 Å². The van der Waals surface area contributed by atoms with E-state index in [1.54, 1.807) is 0 Å². The minimum absolute atomic E-state index is 0. The first kappa shape index (κ1) is 9.22. The fourth-order valence-corrected chi connectivity index (χ4v) is 0. The van der Waals surface area contributed by atoms with E-state index in [4.69, 9.17) is 0 Å². The Kier molecular flexibility index (Phi) is 7.28. The molecule has 0 heterocycles. The lowest BCUT2D eigenvalue weighted by molar-refractivity contribution is 1.11. The summed E-state index contributed by atoms with van der Waals surface area (Å²) in [6.07, 6.45) is 1.11. The minimum atomic E-state index is 0. The van der Waals surface area contributed by atoms with Gasteiger partial charge in [0.15, 0.2) is 0 Å². The Morgan fingerprint density at radius 2 is 1.83 bits per heavy atom. The predicted octanol–water partition coefficient (Wildman–Crippen LogP) is 2.61. The molecule has 0 aliphatic heterocycles. The topological polar surface area (TPSA) is 0 Å². The molecule has 0 atom stereocenters. The van der Waals surface area contributed by atoms with Crippen molar-refractivity contribution in [3.05, 3.63) is 12.2 Å². The largest absolute Gasteiger partial charge is 0.100 e. The average molecular weight is 86.2 g/mol. The molecule has 0 N–H and O–H groups in total. The molecular formula is C6H14. The van der Waals surface area contributed by atoms with Crippen molar-refractivity contribution in [3.63, 3.8) is 0 Å². The maximum atomic E-state index is 3.67. The monoisotopic (exact) mass is 86.1 g/mol. The van der Waals surface area contributed by atoms with Gasteiger partial charge in [0.2, 0.25) is 0 Å². The van der Waals surface area contributed by atoms with Crippen LogP contribution in [0.1, 0.15) is 27.7 Å². The Morgan fingerprint density at radius 3 is 1.83 bits per heavy atom. The van der Waals surface area contributed by atoms with Gasteiger partial charge in [0, 0.05) is 0 Å². The highest BCUT2D eigenvalue weighted by Gasteiger charge is 1.67. The zero-order valence-corrected chi connectivity index (χ0v) is 3.91. The second-order valence-electron chi connectivity index (χ2n) is 1.31. The lowest BCUT2D eigenvalue weighted by Gasteiger charge is -1.79. The molecule has 0 bridgehead atoms. The lowest BCUT2D eigenvalue weighted by Crippen LogP contribution is -1.58. The Balaban J connectivity index is 0. The van der Waals surface area contributed by atoms with Gasteiger partial charge >= 0.3 is 0 Å². The lowest BCUT2D eigenvalue weighted by atomic mass is 10.3. The molecule has 6 heavy (non-hydrogen) atoms. The highest BCUT2D eigenvalue weighted by molar-refractivity contribution is 4.84. The summed E-state index contributed by atoms with van der Waals surface area (Å²) in [5, 5.41) is 0. The molecule has 0 aliphatic carbocycles. The van der Waals surface area contributed by atoms with E-state index < -0.39 is 0 Å². The molecule has 0 unspecified atom stereocenters. The molecule has 0 spiro atoms. The molecule has 0 rings (SSSR count). The molecular weight excluding hydrogens is 72.1 g/mol. The highest BCUT2D eigenvalue weighted by atomic mass is 13.7. The maximum Gasteiger partial charge on any atom is -0.0354 e. The molecule has 0 saturated heterocycles. The van der Waals surface area contributed by atoms with Gasteiger partial charge in [-0.3, -0.25) is 0 Å². The third-order valence-electron chi connectivity index (χ3n) is 0.604. The van der Waals surface area contributed by atoms with Gasteiger partial charge in [-0.2, -0.15) is 0 Å². The van der Waals surface area contributed by atoms with Crippen molar-refractivity contribution in [2.45, 2.75) is 27.7 Å². The van der Waals surface area contributed by atoms with E-state index in [0.29, 0.717) is 0 Å². The summed E-state index contributed by atoms with van der Waals surface area (Å²) >= 11 is 0. The summed E-state index contributed by atoms with van der Waals surface area (Å²) in [7, 11) is 0. The van der Waals surface area contributed by atoms with E-state index >= 15 is 0 Å². The quantitative estimate of drug-likeness (QED) is 0.430. The zero-order chi connectivity index (χ0) is 4.28. The molecule has 0 fully saturated rings. The molecule has 0 heteroatoms. The standard InChI is InChI=1S/C5H10.CH4/c1-4-5(2)3;/h2,4H2,1,3H3;1H4. The van der Waals surface area contributed by atoms with E-state index in [2.05, 4.69) is 13.5 Å². The summed E-state index contributed by atoms with van der Waals surface area (Å²) < 4.78 is 0. The first-order valence-electron chi connectivity index (χ1n) is 1.91. The molecule has 38 valence electrons. The van der Waals surface area contributed by atoms with E-state index in [-0.39, 0.29) is 7.43 Å². The Morgan fingerprint density at radius 1 is 1.67 bits per heavy atom. The van der Waals surface area contributed by atoms with E-state index in [0.717, 1.165) is 6.42 Å². The van der Waals surface area contributed by atoms with Crippen LogP contribution in [0.2, 0.25) is 0 Å². The number of hydrogen-bond acceptors (Lipinski definition) is 0. The summed E-state index contributed by atoms with van der Waals surface area (Å²) in [6.45, 7) is 7.80. The van der Waals surface area contributed by atoms with Crippen LogP contribution in [0.25, 0.3) is 0 Å². The molecule has 0 saturated carbocycles. The van der Waals surface area contributed by atoms with Gasteiger partial charge in [-0.15, -0.1) is 6.58 Å². The van der Waals surface area contributed by atoms with Gasteiger partial charge in [0.25, 0.3) is 0 Å². The van der Waals surface area contributed by atoms with Crippen molar-refractivity contribution in [1.29, 1.82) is 0 Å². The molecule has 0 amide bonds. The van der Waals surface area contributed by atoms with Gasteiger partial charge in [0.1, 0.15) is 0 Å². The molecule has 0 aromatic heterocycles. The average Bonchev–Trinajstić information content (AvgIpc) is 1.38. The number of allylic oxidation sites excluding steroid dienone is 1. The summed E-state index contributed by atoms with van der Waals surface area (Å²) in [5.74, 6) is 0. The van der Waals surface area contributed by atoms with Crippen LogP contribution in [-0.2, 0) is 0 Å². The Labute approximate surface area is 40.9 Å². The van der Waals surface area contributed by atoms with Crippen LogP contribution in [0.5, 0.6) is 0 Å². The van der Waals surface area contributed by atoms with Gasteiger partial charge < -0.3 is 0 Å². The normalized spacial score (nSPS) is 6.33.